The van der Waals surface area contributed by atoms with Gasteiger partial charge in [0.15, 0.2) is 0 Å². The van der Waals surface area contributed by atoms with Crippen LogP contribution < -0.4 is 21.3 Å². The van der Waals surface area contributed by atoms with E-state index >= 15 is 0 Å². The van der Waals surface area contributed by atoms with Gasteiger partial charge in [-0.2, -0.15) is 0 Å². The number of carboxylic acid groups (broad SMARTS) is 2. The van der Waals surface area contributed by atoms with Crippen LogP contribution in [0.1, 0.15) is 81.4 Å². The van der Waals surface area contributed by atoms with Crippen LogP contribution in [-0.2, 0) is 25.5 Å². The Labute approximate surface area is 266 Å². The average molecular weight is 657 g/mol. The van der Waals surface area contributed by atoms with Gasteiger partial charge in [-0.05, 0) is 37.1 Å². The summed E-state index contributed by atoms with van der Waals surface area (Å²) in [4.78, 5) is 40.3. The van der Waals surface area contributed by atoms with Gasteiger partial charge in [0.2, 0.25) is 0 Å². The van der Waals surface area contributed by atoms with Gasteiger partial charge in [0.1, 0.15) is 0 Å². The molecule has 4 N–H and O–H groups in total. The number of nitrogen functional groups attached to an aromatic ring is 1. The van der Waals surface area contributed by atoms with Crippen molar-refractivity contribution in [3.63, 3.8) is 0 Å². The monoisotopic (exact) mass is 655 g/mol. The number of benzene rings is 2. The molecule has 2 rings (SSSR count). The summed E-state index contributed by atoms with van der Waals surface area (Å²) in [5.41, 5.74) is 7.03. The minimum absolute atomic E-state index is 0.0522. The summed E-state index contributed by atoms with van der Waals surface area (Å²) in [6.07, 6.45) is 10.4. The van der Waals surface area contributed by atoms with Crippen LogP contribution in [0.3, 0.4) is 0 Å². The quantitative estimate of drug-likeness (QED) is 0.0499. The van der Waals surface area contributed by atoms with Gasteiger partial charge in [-0.1, -0.05) is 92.8 Å². The first-order valence-electron chi connectivity index (χ1n) is 14.4. The fourth-order valence-corrected chi connectivity index (χ4v) is 4.65. The molecule has 0 amide bonds. The third-order valence-corrected chi connectivity index (χ3v) is 7.15. The van der Waals surface area contributed by atoms with Crippen LogP contribution in [0.4, 0.5) is 11.4 Å². The summed E-state index contributed by atoms with van der Waals surface area (Å²) >= 11 is 12.1. The van der Waals surface area contributed by atoms with Gasteiger partial charge in [-0.15, -0.1) is 0 Å². The molecule has 14 heteroatoms. The molecule has 2 aromatic carbocycles. The standard InChI is InChI=1S/C28H39Cl2N3O5.C2H2O4/c29-23-17-22(18-24(30)28(23)31)26(34)20-32-15-11-7-5-3-1-2-4-6-8-12-16-38-27(35)19-21-13-9-10-14-25(21)33(36)37;3-1(4)2(5)6/h9-10,13-14,17-18,26,32,34H,1-8,11-12,15-16,19-20,31H2;(H,3,4)(H,5,6)/p-2. The summed E-state index contributed by atoms with van der Waals surface area (Å²) in [6, 6.07) is 9.53. The van der Waals surface area contributed by atoms with E-state index in [0.717, 1.165) is 38.6 Å². The number of unbranched alkanes of at least 4 members (excludes halogenated alkanes) is 9. The molecule has 44 heavy (non-hydrogen) atoms. The van der Waals surface area contributed by atoms with Crippen molar-refractivity contribution in [3.8, 4) is 0 Å². The minimum Gasteiger partial charge on any atom is -0.543 e. The molecule has 0 saturated carbocycles. The van der Waals surface area contributed by atoms with Crippen molar-refractivity contribution < 1.29 is 39.4 Å². The maximum atomic E-state index is 12.0. The number of nitrogens with zero attached hydrogens (tertiary/aromatic N) is 1. The Kier molecular flexibility index (Phi) is 19.4. The molecule has 0 aliphatic rings. The number of aliphatic hydroxyl groups is 1. The third kappa shape index (κ3) is 16.4. The molecule has 2 aromatic rings. The van der Waals surface area contributed by atoms with E-state index < -0.39 is 28.9 Å². The number of anilines is 1. The van der Waals surface area contributed by atoms with E-state index in [1.807, 2.05) is 0 Å². The Morgan fingerprint density at radius 1 is 0.886 bits per heavy atom. The summed E-state index contributed by atoms with van der Waals surface area (Å²) in [6.45, 7) is 1.64. The van der Waals surface area contributed by atoms with Gasteiger partial charge in [-0.3, -0.25) is 14.9 Å². The number of nitro groups is 1. The first-order chi connectivity index (χ1) is 20.9. The molecule has 0 saturated heterocycles. The van der Waals surface area contributed by atoms with Crippen LogP contribution in [-0.4, -0.2) is 47.6 Å². The van der Waals surface area contributed by atoms with Crippen LogP contribution in [0.5, 0.6) is 0 Å². The Hall–Kier alpha value is -3.45. The molecule has 0 bridgehead atoms. The van der Waals surface area contributed by atoms with Gasteiger partial charge < -0.3 is 40.7 Å². The van der Waals surface area contributed by atoms with Gasteiger partial charge in [0, 0.05) is 18.2 Å². The lowest BCUT2D eigenvalue weighted by atomic mass is 10.1. The van der Waals surface area contributed by atoms with Crippen LogP contribution in [0.15, 0.2) is 36.4 Å². The van der Waals surface area contributed by atoms with Gasteiger partial charge >= 0.3 is 5.97 Å². The Morgan fingerprint density at radius 3 is 1.91 bits per heavy atom. The van der Waals surface area contributed by atoms with E-state index in [1.165, 1.54) is 38.2 Å². The second-order valence-electron chi connectivity index (χ2n) is 10.0. The van der Waals surface area contributed by atoms with E-state index in [-0.39, 0.29) is 12.1 Å². The van der Waals surface area contributed by atoms with Crippen molar-refractivity contribution in [2.75, 3.05) is 25.4 Å². The summed E-state index contributed by atoms with van der Waals surface area (Å²) in [5.74, 6) is -4.80. The molecule has 0 spiro atoms. The number of esters is 1. The number of carboxylic acids is 2. The van der Waals surface area contributed by atoms with Crippen LogP contribution >= 0.6 is 23.2 Å². The SMILES string of the molecule is Nc1c(Cl)cc(C(O)CNCCCCCCCCCCCCOC(=O)Cc2ccccc2[N+](=O)[O-])cc1Cl.O=C([O-])C(=O)[O-]. The Balaban J connectivity index is 0.00000146. The fraction of sp³-hybridized carbons (Fsp3) is 0.500. The second-order valence-corrected chi connectivity index (χ2v) is 10.8. The van der Waals surface area contributed by atoms with Crippen molar-refractivity contribution >= 4 is 52.5 Å². The van der Waals surface area contributed by atoms with Crippen LogP contribution in [0.2, 0.25) is 10.0 Å². The smallest absolute Gasteiger partial charge is 0.310 e. The summed E-state index contributed by atoms with van der Waals surface area (Å²) in [5, 5.41) is 43.1. The number of ether oxygens (including phenoxy) is 1. The maximum Gasteiger partial charge on any atom is 0.310 e. The van der Waals surface area contributed by atoms with Gasteiger partial charge in [0.25, 0.3) is 5.69 Å². The zero-order valence-electron chi connectivity index (χ0n) is 24.4. The van der Waals surface area contributed by atoms with Crippen molar-refractivity contribution in [2.45, 2.75) is 76.7 Å². The number of aliphatic carboxylic acids is 2. The van der Waals surface area contributed by atoms with E-state index in [1.54, 1.807) is 30.3 Å². The molecule has 0 fully saturated rings. The van der Waals surface area contributed by atoms with E-state index in [4.69, 9.17) is 53.5 Å². The van der Waals surface area contributed by atoms with Gasteiger partial charge in [-0.25, -0.2) is 0 Å². The number of rotatable bonds is 19. The number of nitrogens with one attached hydrogen (secondary N) is 1. The van der Waals surface area contributed by atoms with Crippen molar-refractivity contribution in [2.24, 2.45) is 0 Å². The number of hydrogen-bond donors (Lipinski definition) is 3. The number of aliphatic hydroxyl groups excluding tert-OH is 1. The second kappa shape index (κ2) is 22.1. The maximum absolute atomic E-state index is 12.0. The normalized spacial score (nSPS) is 11.2. The predicted molar refractivity (Wildman–Crippen MR) is 163 cm³/mol. The highest BCUT2D eigenvalue weighted by molar-refractivity contribution is 6.38. The van der Waals surface area contributed by atoms with E-state index in [0.29, 0.717) is 40.0 Å². The summed E-state index contributed by atoms with van der Waals surface area (Å²) in [7, 11) is 0. The first-order valence-corrected chi connectivity index (χ1v) is 15.1. The average Bonchev–Trinajstić information content (AvgIpc) is 2.97. The Morgan fingerprint density at radius 2 is 1.39 bits per heavy atom. The van der Waals surface area contributed by atoms with Crippen molar-refractivity contribution in [3.05, 3.63) is 67.7 Å². The fourth-order valence-electron chi connectivity index (χ4n) is 4.15. The summed E-state index contributed by atoms with van der Waals surface area (Å²) < 4.78 is 5.23. The zero-order valence-corrected chi connectivity index (χ0v) is 25.9. The first kappa shape index (κ1) is 38.6. The zero-order chi connectivity index (χ0) is 32.9. The van der Waals surface area contributed by atoms with Crippen LogP contribution in [0, 0.1) is 10.1 Å². The molecule has 0 heterocycles. The molecular weight excluding hydrogens is 617 g/mol. The molecule has 0 radical (unpaired) electrons. The van der Waals surface area contributed by atoms with E-state index in [9.17, 15) is 20.0 Å². The van der Waals surface area contributed by atoms with Crippen molar-refractivity contribution in [1.82, 2.24) is 5.32 Å². The predicted octanol–water partition coefficient (Wildman–Crippen LogP) is 3.28. The number of hydrogen-bond acceptors (Lipinski definition) is 11. The largest absolute Gasteiger partial charge is 0.543 e. The third-order valence-electron chi connectivity index (χ3n) is 6.52. The molecule has 1 unspecified atom stereocenters. The highest BCUT2D eigenvalue weighted by atomic mass is 35.5. The molecule has 0 aliphatic carbocycles. The molecule has 12 nitrogen and oxygen atoms in total. The molecule has 0 aromatic heterocycles. The molecule has 244 valence electrons. The molecule has 0 aliphatic heterocycles. The number of para-hydroxylation sites is 1. The number of nitrogens with two attached hydrogens (primary N) is 1. The number of carbonyl (C=O) groups is 3. The van der Waals surface area contributed by atoms with Gasteiger partial charge in [0.05, 0.1) is 51.7 Å². The minimum atomic E-state index is -2.19. The molecule has 1 atom stereocenters. The van der Waals surface area contributed by atoms with E-state index in [2.05, 4.69) is 5.32 Å². The van der Waals surface area contributed by atoms with Crippen LogP contribution in [0.25, 0.3) is 0 Å². The highest BCUT2D eigenvalue weighted by Crippen LogP contribution is 2.31. The Bertz CT molecular complexity index is 1180. The van der Waals surface area contributed by atoms with Crippen molar-refractivity contribution in [1.29, 1.82) is 0 Å². The topological polar surface area (TPSA) is 208 Å². The lowest BCUT2D eigenvalue weighted by molar-refractivity contribution is -0.385. The lowest BCUT2D eigenvalue weighted by Gasteiger charge is -2.14. The molecular formula is C30H39Cl2N3O9-2. The number of nitro benzene ring substituents is 1. The highest BCUT2D eigenvalue weighted by Gasteiger charge is 2.16. The number of halogens is 2. The number of carbonyl (C=O) groups excluding carboxylic acids is 3. The lowest BCUT2D eigenvalue weighted by Crippen LogP contribution is -2.42.